The van der Waals surface area contributed by atoms with Gasteiger partial charge in [-0.25, -0.2) is 4.98 Å². The number of hydrogen-bond acceptors (Lipinski definition) is 5. The largest absolute Gasteiger partial charge is 0.466 e. The number of nitrogens with zero attached hydrogens (tertiary/aromatic N) is 2. The number of rotatable bonds is 8. The Balaban J connectivity index is 2.25. The molecule has 1 rings (SSSR count). The molecule has 0 unspecified atom stereocenters. The number of amides is 1. The molecule has 7 nitrogen and oxygen atoms in total. The zero-order valence-corrected chi connectivity index (χ0v) is 11.4. The predicted octanol–water partition coefficient (Wildman–Crippen LogP) is 0.830. The number of aromatic nitrogens is 3. The van der Waals surface area contributed by atoms with E-state index in [9.17, 15) is 9.59 Å². The Bertz CT molecular complexity index is 417. The smallest absolute Gasteiger partial charge is 0.305 e. The van der Waals surface area contributed by atoms with Crippen LogP contribution in [-0.2, 0) is 16.0 Å². The van der Waals surface area contributed by atoms with E-state index >= 15 is 0 Å². The summed E-state index contributed by atoms with van der Waals surface area (Å²) in [6.07, 6.45) is 2.54. The van der Waals surface area contributed by atoms with Gasteiger partial charge in [-0.1, -0.05) is 6.92 Å². The zero-order chi connectivity index (χ0) is 14.1. The van der Waals surface area contributed by atoms with Gasteiger partial charge in [0.15, 0.2) is 0 Å². The molecule has 0 spiro atoms. The Morgan fingerprint density at radius 2 is 2.16 bits per heavy atom. The molecule has 0 aliphatic carbocycles. The van der Waals surface area contributed by atoms with Gasteiger partial charge in [-0.2, -0.15) is 0 Å². The first-order chi connectivity index (χ1) is 9.17. The molecule has 0 saturated heterocycles. The first-order valence-electron chi connectivity index (χ1n) is 6.52. The Labute approximate surface area is 112 Å². The maximum Gasteiger partial charge on any atom is 0.305 e. The highest BCUT2D eigenvalue weighted by atomic mass is 16.5. The average Bonchev–Trinajstić information content (AvgIpc) is 2.84. The number of nitrogens with one attached hydrogen (secondary N) is 2. The standard InChI is InChI=1S/C12H20N4O3/c1-3-6-9-14-11(16-15-9)12(18)13-8-5-7-10(17)19-4-2/h3-8H2,1-2H3,(H,13,18)(H,14,15,16). The Morgan fingerprint density at radius 3 is 2.84 bits per heavy atom. The van der Waals surface area contributed by atoms with Crippen LogP contribution in [-0.4, -0.2) is 40.2 Å². The number of esters is 1. The zero-order valence-electron chi connectivity index (χ0n) is 11.4. The molecule has 0 aliphatic rings. The van der Waals surface area contributed by atoms with Crippen LogP contribution in [0.25, 0.3) is 0 Å². The molecule has 0 fully saturated rings. The molecule has 0 bridgehead atoms. The lowest BCUT2D eigenvalue weighted by Crippen LogP contribution is -2.26. The molecular weight excluding hydrogens is 248 g/mol. The topological polar surface area (TPSA) is 97.0 Å². The van der Waals surface area contributed by atoms with E-state index in [1.54, 1.807) is 6.92 Å². The molecule has 0 atom stereocenters. The fraction of sp³-hybridized carbons (Fsp3) is 0.667. The van der Waals surface area contributed by atoms with Crippen molar-refractivity contribution in [3.05, 3.63) is 11.6 Å². The maximum absolute atomic E-state index is 11.7. The van der Waals surface area contributed by atoms with Gasteiger partial charge >= 0.3 is 5.97 Å². The lowest BCUT2D eigenvalue weighted by molar-refractivity contribution is -0.143. The number of ether oxygens (including phenoxy) is 1. The van der Waals surface area contributed by atoms with Crippen LogP contribution >= 0.6 is 0 Å². The number of carbonyl (C=O) groups is 2. The lowest BCUT2D eigenvalue weighted by atomic mass is 10.3. The van der Waals surface area contributed by atoms with E-state index in [4.69, 9.17) is 4.74 Å². The normalized spacial score (nSPS) is 10.2. The van der Waals surface area contributed by atoms with Gasteiger partial charge in [-0.15, -0.1) is 5.10 Å². The molecular formula is C12H20N4O3. The maximum atomic E-state index is 11.7. The van der Waals surface area contributed by atoms with Crippen molar-refractivity contribution in [1.82, 2.24) is 20.5 Å². The second-order valence-electron chi connectivity index (χ2n) is 4.02. The second kappa shape index (κ2) is 8.23. The SMILES string of the molecule is CCCc1nc(C(=O)NCCCC(=O)OCC)n[nH]1. The Morgan fingerprint density at radius 1 is 1.37 bits per heavy atom. The van der Waals surface area contributed by atoms with Gasteiger partial charge in [0.05, 0.1) is 6.61 Å². The second-order valence-corrected chi connectivity index (χ2v) is 4.02. The molecule has 1 amide bonds. The summed E-state index contributed by atoms with van der Waals surface area (Å²) in [5.74, 6) is 0.265. The third-order valence-electron chi connectivity index (χ3n) is 2.37. The number of hydrogen-bond donors (Lipinski definition) is 2. The summed E-state index contributed by atoms with van der Waals surface area (Å²) in [7, 11) is 0. The summed E-state index contributed by atoms with van der Waals surface area (Å²) in [4.78, 5) is 26.8. The fourth-order valence-corrected chi connectivity index (χ4v) is 1.49. The van der Waals surface area contributed by atoms with Gasteiger partial charge < -0.3 is 10.1 Å². The van der Waals surface area contributed by atoms with Crippen LogP contribution in [0.5, 0.6) is 0 Å². The number of aromatic amines is 1. The van der Waals surface area contributed by atoms with Gasteiger partial charge in [-0.3, -0.25) is 14.7 Å². The molecule has 1 heterocycles. The van der Waals surface area contributed by atoms with Crippen molar-refractivity contribution in [2.45, 2.75) is 39.5 Å². The van der Waals surface area contributed by atoms with Crippen LogP contribution in [0.3, 0.4) is 0 Å². The van der Waals surface area contributed by atoms with E-state index in [1.807, 2.05) is 6.92 Å². The summed E-state index contributed by atoms with van der Waals surface area (Å²) >= 11 is 0. The lowest BCUT2D eigenvalue weighted by Gasteiger charge is -2.02. The van der Waals surface area contributed by atoms with Crippen LogP contribution in [0.15, 0.2) is 0 Å². The Hall–Kier alpha value is -1.92. The third kappa shape index (κ3) is 5.50. The van der Waals surface area contributed by atoms with Crippen LogP contribution < -0.4 is 5.32 Å². The van der Waals surface area contributed by atoms with Gasteiger partial charge in [-0.05, 0) is 19.8 Å². The quantitative estimate of drug-likeness (QED) is 0.537. The van der Waals surface area contributed by atoms with E-state index in [-0.39, 0.29) is 17.7 Å². The summed E-state index contributed by atoms with van der Waals surface area (Å²) in [5.41, 5.74) is 0. The van der Waals surface area contributed by atoms with E-state index in [2.05, 4.69) is 20.5 Å². The van der Waals surface area contributed by atoms with E-state index in [1.165, 1.54) is 0 Å². The van der Waals surface area contributed by atoms with Crippen LogP contribution in [0.4, 0.5) is 0 Å². The van der Waals surface area contributed by atoms with Gasteiger partial charge in [0.25, 0.3) is 5.91 Å². The minimum Gasteiger partial charge on any atom is -0.466 e. The van der Waals surface area contributed by atoms with Crippen molar-refractivity contribution < 1.29 is 14.3 Å². The third-order valence-corrected chi connectivity index (χ3v) is 2.37. The van der Waals surface area contributed by atoms with E-state index in [0.29, 0.717) is 31.8 Å². The fourth-order valence-electron chi connectivity index (χ4n) is 1.49. The number of aryl methyl sites for hydroxylation is 1. The highest BCUT2D eigenvalue weighted by Gasteiger charge is 2.11. The summed E-state index contributed by atoms with van der Waals surface area (Å²) in [6, 6.07) is 0. The molecule has 1 aromatic rings. The molecule has 7 heteroatoms. The van der Waals surface area contributed by atoms with Gasteiger partial charge in [0.1, 0.15) is 5.82 Å². The van der Waals surface area contributed by atoms with Crippen molar-refractivity contribution in [2.24, 2.45) is 0 Å². The highest BCUT2D eigenvalue weighted by molar-refractivity contribution is 5.90. The molecule has 0 saturated carbocycles. The van der Waals surface area contributed by atoms with Crippen molar-refractivity contribution in [1.29, 1.82) is 0 Å². The molecule has 2 N–H and O–H groups in total. The van der Waals surface area contributed by atoms with Crippen molar-refractivity contribution in [2.75, 3.05) is 13.2 Å². The van der Waals surface area contributed by atoms with Crippen LogP contribution in [0.1, 0.15) is 49.6 Å². The summed E-state index contributed by atoms with van der Waals surface area (Å²) < 4.78 is 4.78. The first-order valence-corrected chi connectivity index (χ1v) is 6.52. The average molecular weight is 268 g/mol. The minimum atomic E-state index is -0.331. The summed E-state index contributed by atoms with van der Waals surface area (Å²) in [6.45, 7) is 4.56. The van der Waals surface area contributed by atoms with E-state index < -0.39 is 0 Å². The minimum absolute atomic E-state index is 0.139. The molecule has 1 aromatic heterocycles. The number of H-pyrrole nitrogens is 1. The molecule has 0 radical (unpaired) electrons. The van der Waals surface area contributed by atoms with Gasteiger partial charge in [0, 0.05) is 19.4 Å². The van der Waals surface area contributed by atoms with Crippen molar-refractivity contribution in [3.63, 3.8) is 0 Å². The molecule has 0 aromatic carbocycles. The predicted molar refractivity (Wildman–Crippen MR) is 68.6 cm³/mol. The highest BCUT2D eigenvalue weighted by Crippen LogP contribution is 1.97. The van der Waals surface area contributed by atoms with Crippen LogP contribution in [0.2, 0.25) is 0 Å². The number of carbonyl (C=O) groups excluding carboxylic acids is 2. The monoisotopic (exact) mass is 268 g/mol. The van der Waals surface area contributed by atoms with Crippen LogP contribution in [0, 0.1) is 0 Å². The van der Waals surface area contributed by atoms with Crippen molar-refractivity contribution in [3.8, 4) is 0 Å². The molecule has 19 heavy (non-hydrogen) atoms. The van der Waals surface area contributed by atoms with Crippen molar-refractivity contribution >= 4 is 11.9 Å². The van der Waals surface area contributed by atoms with E-state index in [0.717, 1.165) is 12.8 Å². The first kappa shape index (κ1) is 15.1. The summed E-state index contributed by atoms with van der Waals surface area (Å²) in [5, 5.41) is 9.22. The molecule has 106 valence electrons. The van der Waals surface area contributed by atoms with Gasteiger partial charge in [0.2, 0.25) is 5.82 Å². The molecule has 0 aliphatic heterocycles. The Kier molecular flexibility index (Phi) is 6.56.